The fourth-order valence-electron chi connectivity index (χ4n) is 0.928. The number of hydrogen-bond acceptors (Lipinski definition) is 4. The molecule has 0 spiro atoms. The Balaban J connectivity index is 4.14. The molecular formula is C9H16O4. The molecule has 0 fully saturated rings. The summed E-state index contributed by atoms with van der Waals surface area (Å²) in [4.78, 5) is 10.9. The van der Waals surface area contributed by atoms with Gasteiger partial charge in [0.05, 0.1) is 0 Å². The minimum atomic E-state index is -0.520. The molecule has 0 rings (SSSR count). The maximum Gasteiger partial charge on any atom is 0.330 e. The standard InChI is InChI=1S/C9H16O4/c1-5-7(9(11-3)12-4)13-8(10)6-2/h6-7,9H,2,5H2,1,3-4H3. The Bertz CT molecular complexity index is 163. The van der Waals surface area contributed by atoms with Gasteiger partial charge in [-0.05, 0) is 6.42 Å². The smallest absolute Gasteiger partial charge is 0.330 e. The van der Waals surface area contributed by atoms with E-state index < -0.39 is 12.3 Å². The van der Waals surface area contributed by atoms with Crippen molar-refractivity contribution in [1.82, 2.24) is 0 Å². The Morgan fingerprint density at radius 2 is 2.00 bits per heavy atom. The summed E-state index contributed by atoms with van der Waals surface area (Å²) in [5.74, 6) is -0.467. The van der Waals surface area contributed by atoms with E-state index in [-0.39, 0.29) is 6.10 Å². The third-order valence-electron chi connectivity index (χ3n) is 1.60. The third kappa shape index (κ3) is 4.05. The predicted molar refractivity (Wildman–Crippen MR) is 48.2 cm³/mol. The number of hydrogen-bond donors (Lipinski definition) is 0. The summed E-state index contributed by atoms with van der Waals surface area (Å²) in [5, 5.41) is 0. The summed E-state index contributed by atoms with van der Waals surface area (Å²) >= 11 is 0. The fourth-order valence-corrected chi connectivity index (χ4v) is 0.928. The van der Waals surface area contributed by atoms with Gasteiger partial charge in [0.25, 0.3) is 0 Å². The van der Waals surface area contributed by atoms with Gasteiger partial charge in [-0.15, -0.1) is 0 Å². The van der Waals surface area contributed by atoms with Crippen LogP contribution >= 0.6 is 0 Å². The quantitative estimate of drug-likeness (QED) is 0.356. The molecule has 0 amide bonds. The van der Waals surface area contributed by atoms with E-state index in [0.29, 0.717) is 6.42 Å². The van der Waals surface area contributed by atoms with Crippen LogP contribution in [0.25, 0.3) is 0 Å². The molecule has 0 N–H and O–H groups in total. The maximum absolute atomic E-state index is 10.9. The average molecular weight is 188 g/mol. The van der Waals surface area contributed by atoms with Crippen LogP contribution in [0.15, 0.2) is 12.7 Å². The van der Waals surface area contributed by atoms with Crippen LogP contribution in [0.2, 0.25) is 0 Å². The Morgan fingerprint density at radius 1 is 1.46 bits per heavy atom. The van der Waals surface area contributed by atoms with Crippen molar-refractivity contribution in [2.75, 3.05) is 14.2 Å². The lowest BCUT2D eigenvalue weighted by atomic mass is 10.2. The van der Waals surface area contributed by atoms with Crippen LogP contribution < -0.4 is 0 Å². The highest BCUT2D eigenvalue weighted by Crippen LogP contribution is 2.08. The summed E-state index contributed by atoms with van der Waals surface area (Å²) in [6, 6.07) is 0. The van der Waals surface area contributed by atoms with Gasteiger partial charge in [-0.25, -0.2) is 4.79 Å². The lowest BCUT2D eigenvalue weighted by molar-refractivity contribution is -0.188. The van der Waals surface area contributed by atoms with Crippen molar-refractivity contribution in [1.29, 1.82) is 0 Å². The Morgan fingerprint density at radius 3 is 2.31 bits per heavy atom. The van der Waals surface area contributed by atoms with Crippen molar-refractivity contribution in [3.8, 4) is 0 Å². The maximum atomic E-state index is 10.9. The summed E-state index contributed by atoms with van der Waals surface area (Å²) in [7, 11) is 3.00. The molecule has 4 heteroatoms. The third-order valence-corrected chi connectivity index (χ3v) is 1.60. The monoisotopic (exact) mass is 188 g/mol. The first kappa shape index (κ1) is 12.1. The molecule has 0 heterocycles. The topological polar surface area (TPSA) is 44.8 Å². The first-order valence-corrected chi connectivity index (χ1v) is 4.08. The van der Waals surface area contributed by atoms with E-state index in [0.717, 1.165) is 6.08 Å². The molecule has 1 atom stereocenters. The van der Waals surface area contributed by atoms with E-state index in [1.807, 2.05) is 6.92 Å². The van der Waals surface area contributed by atoms with Gasteiger partial charge in [-0.2, -0.15) is 0 Å². The molecule has 0 radical (unpaired) electrons. The zero-order chi connectivity index (χ0) is 10.3. The van der Waals surface area contributed by atoms with Gasteiger partial charge >= 0.3 is 5.97 Å². The number of esters is 1. The van der Waals surface area contributed by atoms with Crippen molar-refractivity contribution < 1.29 is 19.0 Å². The summed E-state index contributed by atoms with van der Waals surface area (Å²) in [5.41, 5.74) is 0. The molecule has 0 aliphatic rings. The SMILES string of the molecule is C=CC(=O)OC(CC)C(OC)OC. The van der Waals surface area contributed by atoms with Gasteiger partial charge < -0.3 is 14.2 Å². The highest BCUT2D eigenvalue weighted by atomic mass is 16.7. The minimum Gasteiger partial charge on any atom is -0.454 e. The second kappa shape index (κ2) is 6.62. The summed E-state index contributed by atoms with van der Waals surface area (Å²) in [6.07, 6.45) is 0.839. The predicted octanol–water partition coefficient (Wildman–Crippen LogP) is 1.11. The van der Waals surface area contributed by atoms with E-state index in [1.165, 1.54) is 14.2 Å². The molecule has 0 aromatic rings. The molecule has 0 bridgehead atoms. The summed E-state index contributed by atoms with van der Waals surface area (Å²) < 4.78 is 14.9. The zero-order valence-electron chi connectivity index (χ0n) is 8.28. The molecule has 0 aromatic carbocycles. The lowest BCUT2D eigenvalue weighted by Crippen LogP contribution is -2.33. The number of ether oxygens (including phenoxy) is 3. The van der Waals surface area contributed by atoms with Crippen LogP contribution in [0.3, 0.4) is 0 Å². The molecule has 0 saturated heterocycles. The van der Waals surface area contributed by atoms with Crippen LogP contribution in [0, 0.1) is 0 Å². The van der Waals surface area contributed by atoms with Gasteiger partial charge in [-0.1, -0.05) is 13.5 Å². The van der Waals surface area contributed by atoms with Crippen molar-refractivity contribution in [3.05, 3.63) is 12.7 Å². The largest absolute Gasteiger partial charge is 0.454 e. The molecule has 0 aliphatic carbocycles. The van der Waals surface area contributed by atoms with Gasteiger partial charge in [-0.3, -0.25) is 0 Å². The second-order valence-corrected chi connectivity index (χ2v) is 2.43. The molecule has 76 valence electrons. The van der Waals surface area contributed by atoms with Crippen LogP contribution in [0.4, 0.5) is 0 Å². The molecular weight excluding hydrogens is 172 g/mol. The van der Waals surface area contributed by atoms with E-state index >= 15 is 0 Å². The van der Waals surface area contributed by atoms with Crippen molar-refractivity contribution in [3.63, 3.8) is 0 Å². The van der Waals surface area contributed by atoms with Crippen molar-refractivity contribution in [2.45, 2.75) is 25.7 Å². The Labute approximate surface area is 78.5 Å². The van der Waals surface area contributed by atoms with Crippen LogP contribution in [0.5, 0.6) is 0 Å². The van der Waals surface area contributed by atoms with Crippen LogP contribution in [-0.4, -0.2) is 32.6 Å². The second-order valence-electron chi connectivity index (χ2n) is 2.43. The van der Waals surface area contributed by atoms with Crippen LogP contribution in [0.1, 0.15) is 13.3 Å². The molecule has 0 aliphatic heterocycles. The Kier molecular flexibility index (Phi) is 6.18. The normalized spacial score (nSPS) is 12.6. The van der Waals surface area contributed by atoms with E-state index in [4.69, 9.17) is 14.2 Å². The van der Waals surface area contributed by atoms with Crippen molar-refractivity contribution in [2.24, 2.45) is 0 Å². The van der Waals surface area contributed by atoms with Crippen molar-refractivity contribution >= 4 is 5.97 Å². The summed E-state index contributed by atoms with van der Waals surface area (Å²) in [6.45, 7) is 5.18. The highest BCUT2D eigenvalue weighted by molar-refractivity contribution is 5.81. The molecule has 0 aromatic heterocycles. The van der Waals surface area contributed by atoms with Gasteiger partial charge in [0.1, 0.15) is 0 Å². The highest BCUT2D eigenvalue weighted by Gasteiger charge is 2.21. The van der Waals surface area contributed by atoms with E-state index in [9.17, 15) is 4.79 Å². The number of rotatable bonds is 6. The first-order chi connectivity index (χ1) is 6.19. The molecule has 4 nitrogen and oxygen atoms in total. The van der Waals surface area contributed by atoms with Gasteiger partial charge in [0, 0.05) is 20.3 Å². The van der Waals surface area contributed by atoms with Crippen LogP contribution in [-0.2, 0) is 19.0 Å². The average Bonchev–Trinajstić information content (AvgIpc) is 2.17. The fraction of sp³-hybridized carbons (Fsp3) is 0.667. The molecule has 0 saturated carbocycles. The molecule has 13 heavy (non-hydrogen) atoms. The zero-order valence-corrected chi connectivity index (χ0v) is 8.28. The number of carbonyl (C=O) groups excluding carboxylic acids is 1. The van der Waals surface area contributed by atoms with Gasteiger partial charge in [0.2, 0.25) is 0 Å². The van der Waals surface area contributed by atoms with E-state index in [1.54, 1.807) is 0 Å². The van der Waals surface area contributed by atoms with E-state index in [2.05, 4.69) is 6.58 Å². The number of methoxy groups -OCH3 is 2. The Hall–Kier alpha value is -0.870. The van der Waals surface area contributed by atoms with Gasteiger partial charge in [0.15, 0.2) is 12.4 Å². The molecule has 1 unspecified atom stereocenters. The number of carbonyl (C=O) groups is 1. The first-order valence-electron chi connectivity index (χ1n) is 4.08. The lowest BCUT2D eigenvalue weighted by Gasteiger charge is -2.22. The minimum absolute atomic E-state index is 0.388.